The van der Waals surface area contributed by atoms with Gasteiger partial charge in [0.25, 0.3) is 0 Å². The van der Waals surface area contributed by atoms with Gasteiger partial charge in [-0.1, -0.05) is 6.07 Å². The van der Waals surface area contributed by atoms with Crippen molar-refractivity contribution < 1.29 is 18.0 Å². The summed E-state index contributed by atoms with van der Waals surface area (Å²) in [4.78, 5) is 14.4. The van der Waals surface area contributed by atoms with Gasteiger partial charge in [0.2, 0.25) is 0 Å². The number of benzene rings is 1. The molecule has 0 amide bonds. The summed E-state index contributed by atoms with van der Waals surface area (Å²) in [6.45, 7) is 2.37. The Balaban J connectivity index is 2.26. The summed E-state index contributed by atoms with van der Waals surface area (Å²) >= 11 is 1.70. The first-order valence-electron chi connectivity index (χ1n) is 6.31. The highest BCUT2D eigenvalue weighted by atomic mass is 32.2. The van der Waals surface area contributed by atoms with E-state index in [9.17, 15) is 18.0 Å². The van der Waals surface area contributed by atoms with Crippen molar-refractivity contribution in [2.45, 2.75) is 19.1 Å². The quantitative estimate of drug-likeness (QED) is 0.782. The van der Waals surface area contributed by atoms with Crippen LogP contribution in [0.25, 0.3) is 0 Å². The highest BCUT2D eigenvalue weighted by Crippen LogP contribution is 2.31. The number of likely N-dealkylation sites (N-methyl/N-ethyl adjacent to an activating group) is 1. The SMILES string of the molecule is Cc1cc(C(F)(F)F)ccc1C(=O)C1CSCCN1C. The lowest BCUT2D eigenvalue weighted by Gasteiger charge is -2.31. The van der Waals surface area contributed by atoms with Crippen molar-refractivity contribution >= 4 is 17.5 Å². The number of alkyl halides is 3. The van der Waals surface area contributed by atoms with E-state index in [1.54, 1.807) is 18.7 Å². The van der Waals surface area contributed by atoms with Gasteiger partial charge in [0.15, 0.2) is 5.78 Å². The third-order valence-corrected chi connectivity index (χ3v) is 4.54. The predicted molar refractivity (Wildman–Crippen MR) is 74.3 cm³/mol. The number of carbonyl (C=O) groups excluding carboxylic acids is 1. The number of nitrogens with zero attached hydrogens (tertiary/aromatic N) is 1. The molecular formula is C14H16F3NOS. The number of thioether (sulfide) groups is 1. The normalized spacial score (nSPS) is 20.9. The molecule has 0 saturated carbocycles. The Morgan fingerprint density at radius 3 is 2.65 bits per heavy atom. The average molecular weight is 303 g/mol. The molecular weight excluding hydrogens is 287 g/mol. The first kappa shape index (κ1) is 15.4. The topological polar surface area (TPSA) is 20.3 Å². The van der Waals surface area contributed by atoms with Gasteiger partial charge in [-0.25, -0.2) is 0 Å². The molecule has 0 N–H and O–H groups in total. The maximum atomic E-state index is 12.6. The monoisotopic (exact) mass is 303 g/mol. The number of hydrogen-bond acceptors (Lipinski definition) is 3. The van der Waals surface area contributed by atoms with Crippen molar-refractivity contribution in [3.63, 3.8) is 0 Å². The smallest absolute Gasteiger partial charge is 0.295 e. The second-order valence-electron chi connectivity index (χ2n) is 4.96. The van der Waals surface area contributed by atoms with Gasteiger partial charge in [-0.15, -0.1) is 0 Å². The zero-order valence-corrected chi connectivity index (χ0v) is 12.1. The van der Waals surface area contributed by atoms with E-state index < -0.39 is 11.7 Å². The van der Waals surface area contributed by atoms with Gasteiger partial charge in [0.1, 0.15) is 0 Å². The molecule has 0 bridgehead atoms. The van der Waals surface area contributed by atoms with E-state index in [1.165, 1.54) is 6.07 Å². The highest BCUT2D eigenvalue weighted by molar-refractivity contribution is 7.99. The van der Waals surface area contributed by atoms with Gasteiger partial charge >= 0.3 is 6.18 Å². The van der Waals surface area contributed by atoms with Crippen LogP contribution in [0.4, 0.5) is 13.2 Å². The molecule has 1 heterocycles. The fourth-order valence-corrected chi connectivity index (χ4v) is 3.47. The summed E-state index contributed by atoms with van der Waals surface area (Å²) in [7, 11) is 1.88. The van der Waals surface area contributed by atoms with E-state index in [-0.39, 0.29) is 11.8 Å². The first-order chi connectivity index (χ1) is 9.30. The molecule has 2 rings (SSSR count). The van der Waals surface area contributed by atoms with Crippen LogP contribution in [0.1, 0.15) is 21.5 Å². The van der Waals surface area contributed by atoms with Gasteiger partial charge in [0, 0.05) is 23.6 Å². The Hall–Kier alpha value is -1.01. The molecule has 1 aromatic rings. The summed E-state index contributed by atoms with van der Waals surface area (Å²) in [5.74, 6) is 1.58. The van der Waals surface area contributed by atoms with E-state index >= 15 is 0 Å². The number of rotatable bonds is 2. The van der Waals surface area contributed by atoms with Crippen LogP contribution >= 0.6 is 11.8 Å². The van der Waals surface area contributed by atoms with Gasteiger partial charge in [0.05, 0.1) is 11.6 Å². The molecule has 1 saturated heterocycles. The maximum absolute atomic E-state index is 12.6. The fraction of sp³-hybridized carbons (Fsp3) is 0.500. The Kier molecular flexibility index (Phi) is 4.44. The minimum absolute atomic E-state index is 0.0917. The number of ketones is 1. The van der Waals surface area contributed by atoms with Crippen molar-refractivity contribution in [1.82, 2.24) is 4.90 Å². The number of halogens is 3. The fourth-order valence-electron chi connectivity index (χ4n) is 2.26. The molecule has 6 heteroatoms. The zero-order chi connectivity index (χ0) is 14.9. The largest absolute Gasteiger partial charge is 0.416 e. The van der Waals surface area contributed by atoms with E-state index in [4.69, 9.17) is 0 Å². The summed E-state index contributed by atoms with van der Waals surface area (Å²) in [6.07, 6.45) is -4.37. The lowest BCUT2D eigenvalue weighted by molar-refractivity contribution is -0.137. The molecule has 110 valence electrons. The van der Waals surface area contributed by atoms with Gasteiger partial charge in [-0.05, 0) is 31.7 Å². The minimum Gasteiger partial charge on any atom is -0.295 e. The zero-order valence-electron chi connectivity index (χ0n) is 11.3. The Morgan fingerprint density at radius 2 is 2.10 bits per heavy atom. The van der Waals surface area contributed by atoms with Crippen LogP contribution in [0.3, 0.4) is 0 Å². The highest BCUT2D eigenvalue weighted by Gasteiger charge is 2.32. The Bertz CT molecular complexity index is 516. The molecule has 0 aromatic heterocycles. The molecule has 0 radical (unpaired) electrons. The van der Waals surface area contributed by atoms with Crippen LogP contribution in [0.2, 0.25) is 0 Å². The summed E-state index contributed by atoms with van der Waals surface area (Å²) in [5, 5.41) is 0. The average Bonchev–Trinajstić information content (AvgIpc) is 2.37. The minimum atomic E-state index is -4.37. The number of carbonyl (C=O) groups is 1. The van der Waals surface area contributed by atoms with Crippen molar-refractivity contribution in [3.05, 3.63) is 34.9 Å². The lowest BCUT2D eigenvalue weighted by atomic mass is 9.97. The predicted octanol–water partition coefficient (Wildman–Crippen LogP) is 3.24. The number of hydrogen-bond donors (Lipinski definition) is 0. The molecule has 1 aliphatic heterocycles. The van der Waals surface area contributed by atoms with E-state index in [0.717, 1.165) is 24.4 Å². The van der Waals surface area contributed by atoms with E-state index in [0.29, 0.717) is 16.9 Å². The molecule has 1 unspecified atom stereocenters. The van der Waals surface area contributed by atoms with Crippen LogP contribution in [-0.2, 0) is 6.18 Å². The molecule has 1 fully saturated rings. The molecule has 0 aliphatic carbocycles. The third-order valence-electron chi connectivity index (χ3n) is 3.52. The van der Waals surface area contributed by atoms with Crippen molar-refractivity contribution in [2.75, 3.05) is 25.1 Å². The summed E-state index contributed by atoms with van der Waals surface area (Å²) in [6, 6.07) is 3.08. The van der Waals surface area contributed by atoms with Crippen LogP contribution in [0.15, 0.2) is 18.2 Å². The standard InChI is InChI=1S/C14H16F3NOS/c1-9-7-10(14(15,16)17)3-4-11(9)13(19)12-8-20-6-5-18(12)2/h3-4,7,12H,5-6,8H2,1-2H3. The van der Waals surface area contributed by atoms with Crippen molar-refractivity contribution in [3.8, 4) is 0 Å². The third kappa shape index (κ3) is 3.17. The van der Waals surface area contributed by atoms with Gasteiger partial charge in [-0.2, -0.15) is 24.9 Å². The maximum Gasteiger partial charge on any atom is 0.416 e. The molecule has 0 spiro atoms. The van der Waals surface area contributed by atoms with Crippen molar-refractivity contribution in [1.29, 1.82) is 0 Å². The second kappa shape index (κ2) is 5.77. The summed E-state index contributed by atoms with van der Waals surface area (Å²) < 4.78 is 37.9. The molecule has 20 heavy (non-hydrogen) atoms. The molecule has 1 aromatic carbocycles. The van der Waals surface area contributed by atoms with Crippen LogP contribution in [-0.4, -0.2) is 41.8 Å². The second-order valence-corrected chi connectivity index (χ2v) is 6.11. The summed E-state index contributed by atoms with van der Waals surface area (Å²) in [5.41, 5.74) is 0.0593. The van der Waals surface area contributed by atoms with Crippen molar-refractivity contribution in [2.24, 2.45) is 0 Å². The van der Waals surface area contributed by atoms with Gasteiger partial charge in [-0.3, -0.25) is 9.69 Å². The van der Waals surface area contributed by atoms with E-state index in [1.807, 2.05) is 11.9 Å². The van der Waals surface area contributed by atoms with E-state index in [2.05, 4.69) is 0 Å². The van der Waals surface area contributed by atoms with Crippen LogP contribution in [0.5, 0.6) is 0 Å². The number of aryl methyl sites for hydroxylation is 1. The molecule has 1 aliphatic rings. The first-order valence-corrected chi connectivity index (χ1v) is 7.46. The van der Waals surface area contributed by atoms with Crippen LogP contribution in [0, 0.1) is 6.92 Å². The van der Waals surface area contributed by atoms with Gasteiger partial charge < -0.3 is 0 Å². The number of Topliss-reactive ketones (excluding diaryl/α,β-unsaturated/α-hetero) is 1. The lowest BCUT2D eigenvalue weighted by Crippen LogP contribution is -2.44. The van der Waals surface area contributed by atoms with Crippen LogP contribution < -0.4 is 0 Å². The molecule has 1 atom stereocenters. The Labute approximate surface area is 120 Å². The Morgan fingerprint density at radius 1 is 1.40 bits per heavy atom. The molecule has 2 nitrogen and oxygen atoms in total.